The number of hydrogen-bond acceptors (Lipinski definition) is 11. The van der Waals surface area contributed by atoms with Crippen LogP contribution in [0.3, 0.4) is 0 Å². The third-order valence-electron chi connectivity index (χ3n) is 12.7. The zero-order valence-corrected chi connectivity index (χ0v) is 38.6. The minimum Gasteiger partial charge on any atom is -0.465 e. The van der Waals surface area contributed by atoms with Gasteiger partial charge in [0.25, 0.3) is 5.91 Å². The van der Waals surface area contributed by atoms with Gasteiger partial charge in [-0.25, -0.2) is 10.2 Å². The van der Waals surface area contributed by atoms with Gasteiger partial charge in [0.05, 0.1) is 30.2 Å². The maximum atomic E-state index is 14.3. The van der Waals surface area contributed by atoms with E-state index in [-0.39, 0.29) is 50.0 Å². The summed E-state index contributed by atoms with van der Waals surface area (Å²) in [5, 5.41) is 5.62. The number of aryl methyl sites for hydroxylation is 1. The Labute approximate surface area is 380 Å². The van der Waals surface area contributed by atoms with Gasteiger partial charge in [-0.15, -0.1) is 0 Å². The molecule has 0 saturated carbocycles. The first-order chi connectivity index (χ1) is 31.1. The van der Waals surface area contributed by atoms with E-state index in [0.29, 0.717) is 26.1 Å². The molecule has 5 heterocycles. The van der Waals surface area contributed by atoms with E-state index in [9.17, 15) is 24.0 Å². The largest absolute Gasteiger partial charge is 0.465 e. The average molecular weight is 891 g/mol. The van der Waals surface area contributed by atoms with Crippen molar-refractivity contribution in [1.82, 2.24) is 30.2 Å². The molecule has 2 N–H and O–H groups in total. The Hall–Kier alpha value is -5.90. The molecule has 5 atom stereocenters. The lowest BCUT2D eigenvalue weighted by Gasteiger charge is -2.39. The highest BCUT2D eigenvalue weighted by Crippen LogP contribution is 2.42. The van der Waals surface area contributed by atoms with Gasteiger partial charge in [0.15, 0.2) is 6.10 Å². The van der Waals surface area contributed by atoms with Crippen molar-refractivity contribution in [1.29, 1.82) is 0 Å². The average Bonchev–Trinajstić information content (AvgIpc) is 3.75. The first-order valence-corrected chi connectivity index (χ1v) is 22.6. The van der Waals surface area contributed by atoms with Gasteiger partial charge in [-0.1, -0.05) is 50.8 Å². The third-order valence-corrected chi connectivity index (χ3v) is 12.7. The lowest BCUT2D eigenvalue weighted by Crippen LogP contribution is -2.59. The van der Waals surface area contributed by atoms with Crippen molar-refractivity contribution in [2.75, 3.05) is 39.9 Å². The molecule has 346 valence electrons. The van der Waals surface area contributed by atoms with Crippen LogP contribution in [-0.2, 0) is 62.3 Å². The SMILES string of the molecule is C=CC(=O)N1CC(O[C@@H]2C(=O)O[C@H](C)[C@H]2C(=O)N[C@@H](Cc2cccc(-c3ccc4c(c3)c(CC(C)(C)COC(C)=O)c(-c3cccnc3[C@H](C)OC)n4CC)c2)C(=O)N2CCCCN2)C1. The van der Waals surface area contributed by atoms with Crippen LogP contribution in [0.15, 0.2) is 73.4 Å². The van der Waals surface area contributed by atoms with Gasteiger partial charge in [-0.3, -0.25) is 29.2 Å². The molecule has 0 spiro atoms. The van der Waals surface area contributed by atoms with Crippen molar-refractivity contribution in [2.24, 2.45) is 11.3 Å². The smallest absolute Gasteiger partial charge is 0.336 e. The molecular weight excluding hydrogens is 829 g/mol. The summed E-state index contributed by atoms with van der Waals surface area (Å²) in [6, 6.07) is 17.5. The Balaban J connectivity index is 1.22. The van der Waals surface area contributed by atoms with Crippen LogP contribution in [0.5, 0.6) is 0 Å². The van der Waals surface area contributed by atoms with Crippen LogP contribution in [0.2, 0.25) is 0 Å². The van der Waals surface area contributed by atoms with E-state index in [1.54, 1.807) is 25.2 Å². The molecule has 7 rings (SSSR count). The van der Waals surface area contributed by atoms with Gasteiger partial charge in [-0.2, -0.15) is 0 Å². The number of rotatable bonds is 17. The Morgan fingerprint density at radius 1 is 1.08 bits per heavy atom. The summed E-state index contributed by atoms with van der Waals surface area (Å²) in [5.41, 5.74) is 10.5. The summed E-state index contributed by atoms with van der Waals surface area (Å²) in [7, 11) is 1.68. The van der Waals surface area contributed by atoms with Crippen LogP contribution in [0.4, 0.5) is 0 Å². The molecular formula is C50H62N6O9. The van der Waals surface area contributed by atoms with E-state index >= 15 is 0 Å². The lowest BCUT2D eigenvalue weighted by atomic mass is 9.84. The molecule has 4 aromatic rings. The van der Waals surface area contributed by atoms with Gasteiger partial charge in [0, 0.05) is 81.3 Å². The van der Waals surface area contributed by atoms with Gasteiger partial charge < -0.3 is 33.7 Å². The standard InChI is InChI=1S/C50H62N6O9/c1-9-42(58)54-27-36(28-54)65-46-43(30(3)64-49(46)61)47(59)53-40(48(60)56-22-12-11-21-52-56)24-33-15-13-16-34(23-33)35-18-19-41-38(25-35)39(26-50(6,7)29-63-32(5)57)45(55(41)10-2)37-17-14-20-51-44(37)31(4)62-8/h9,13-20,23,25,30-31,36,40,43,46,52H,1,10-12,21-22,24,26-29H2,2-8H3,(H,53,59)/t30-,31+,40+,43-,46+/m1/s1. The number of hydrogen-bond donors (Lipinski definition) is 2. The molecule has 0 aliphatic carbocycles. The second-order valence-corrected chi connectivity index (χ2v) is 18.1. The number of likely N-dealkylation sites (tertiary alicyclic amines) is 1. The zero-order valence-electron chi connectivity index (χ0n) is 38.6. The van der Waals surface area contributed by atoms with E-state index in [4.69, 9.17) is 23.9 Å². The van der Waals surface area contributed by atoms with Gasteiger partial charge >= 0.3 is 11.9 Å². The van der Waals surface area contributed by atoms with E-state index in [1.165, 1.54) is 17.9 Å². The minimum atomic E-state index is -1.19. The second-order valence-electron chi connectivity index (χ2n) is 18.1. The molecule has 15 nitrogen and oxygen atoms in total. The normalized spacial score (nSPS) is 19.9. The van der Waals surface area contributed by atoms with Crippen LogP contribution in [0.1, 0.15) is 77.3 Å². The number of benzene rings is 2. The molecule has 3 saturated heterocycles. The molecule has 0 radical (unpaired) electrons. The fourth-order valence-corrected chi connectivity index (χ4v) is 9.19. The number of ether oxygens (including phenoxy) is 4. The fourth-order valence-electron chi connectivity index (χ4n) is 9.19. The number of esters is 2. The number of amides is 3. The maximum absolute atomic E-state index is 14.3. The number of nitrogens with zero attached hydrogens (tertiary/aromatic N) is 4. The predicted molar refractivity (Wildman–Crippen MR) is 245 cm³/mol. The predicted octanol–water partition coefficient (Wildman–Crippen LogP) is 5.73. The molecule has 0 unspecified atom stereocenters. The molecule has 3 aliphatic rings. The minimum absolute atomic E-state index is 0.176. The van der Waals surface area contributed by atoms with Crippen molar-refractivity contribution < 1.29 is 42.9 Å². The highest BCUT2D eigenvalue weighted by Gasteiger charge is 2.50. The topological polar surface area (TPSA) is 171 Å². The summed E-state index contributed by atoms with van der Waals surface area (Å²) < 4.78 is 25.3. The summed E-state index contributed by atoms with van der Waals surface area (Å²) >= 11 is 0. The van der Waals surface area contributed by atoms with E-state index in [0.717, 1.165) is 62.9 Å². The fraction of sp³-hybridized carbons (Fsp3) is 0.480. The van der Waals surface area contributed by atoms with Crippen molar-refractivity contribution in [2.45, 2.75) is 104 Å². The first-order valence-electron chi connectivity index (χ1n) is 22.6. The molecule has 65 heavy (non-hydrogen) atoms. The number of fused-ring (bicyclic) bond motifs is 1. The second kappa shape index (κ2) is 20.1. The van der Waals surface area contributed by atoms with Crippen molar-refractivity contribution in [3.63, 3.8) is 0 Å². The number of nitrogens with one attached hydrogen (secondary N) is 2. The Morgan fingerprint density at radius 3 is 2.54 bits per heavy atom. The molecule has 3 amide bonds. The number of aromatic nitrogens is 2. The summed E-state index contributed by atoms with van der Waals surface area (Å²) in [4.78, 5) is 71.8. The van der Waals surface area contributed by atoms with Crippen LogP contribution in [0, 0.1) is 11.3 Å². The number of carbonyl (C=O) groups excluding carboxylic acids is 5. The number of pyridine rings is 1. The molecule has 2 aromatic carbocycles. The highest BCUT2D eigenvalue weighted by molar-refractivity contribution is 5.96. The van der Waals surface area contributed by atoms with Crippen molar-refractivity contribution >= 4 is 40.6 Å². The van der Waals surface area contributed by atoms with Crippen LogP contribution in [-0.4, -0.2) is 113 Å². The zero-order chi connectivity index (χ0) is 46.6. The quantitative estimate of drug-likeness (QED) is 0.0981. The highest BCUT2D eigenvalue weighted by atomic mass is 16.6. The monoisotopic (exact) mass is 890 g/mol. The lowest BCUT2D eigenvalue weighted by molar-refractivity contribution is -0.163. The van der Waals surface area contributed by atoms with Gasteiger partial charge in [-0.05, 0) is 92.6 Å². The molecule has 2 aromatic heterocycles. The number of carbonyl (C=O) groups is 5. The Morgan fingerprint density at radius 2 is 1.85 bits per heavy atom. The summed E-state index contributed by atoms with van der Waals surface area (Å²) in [6.07, 6.45) is 2.83. The van der Waals surface area contributed by atoms with E-state index < -0.39 is 47.6 Å². The van der Waals surface area contributed by atoms with Crippen LogP contribution >= 0.6 is 0 Å². The van der Waals surface area contributed by atoms with Crippen LogP contribution < -0.4 is 10.7 Å². The number of methoxy groups -OCH3 is 1. The van der Waals surface area contributed by atoms with E-state index in [1.807, 2.05) is 37.3 Å². The van der Waals surface area contributed by atoms with Crippen molar-refractivity contribution in [3.05, 3.63) is 90.3 Å². The summed E-state index contributed by atoms with van der Waals surface area (Å²) in [6.45, 7) is 17.5. The number of cyclic esters (lactones) is 1. The third kappa shape index (κ3) is 10.3. The van der Waals surface area contributed by atoms with Gasteiger partial charge in [0.2, 0.25) is 11.8 Å². The Bertz CT molecular complexity index is 2430. The molecule has 0 bridgehead atoms. The van der Waals surface area contributed by atoms with Gasteiger partial charge in [0.1, 0.15) is 18.1 Å². The Kier molecular flexibility index (Phi) is 14.6. The molecule has 3 aliphatic heterocycles. The first kappa shape index (κ1) is 47.1. The maximum Gasteiger partial charge on any atom is 0.336 e. The van der Waals surface area contributed by atoms with Crippen molar-refractivity contribution in [3.8, 4) is 22.4 Å². The van der Waals surface area contributed by atoms with Crippen LogP contribution in [0.25, 0.3) is 33.3 Å². The summed E-state index contributed by atoms with van der Waals surface area (Å²) in [5.74, 6) is -3.04. The van der Waals surface area contributed by atoms with E-state index in [2.05, 4.69) is 66.9 Å². The number of hydrazine groups is 1. The molecule has 15 heteroatoms. The molecule has 3 fully saturated rings.